The van der Waals surface area contributed by atoms with Crippen molar-refractivity contribution in [2.45, 2.75) is 25.4 Å². The summed E-state index contributed by atoms with van der Waals surface area (Å²) >= 11 is 0. The standard InChI is InChI=1S/C25H26F2N2O4/c1-31-18-5-6-21-19(14-18)20(15-28-21)17-9-11-29(12-10-17)24(30)8-4-16-3-7-22(33-25(26)27)23(13-16)32-2/h3-8,13-15,17,25,28H,9-12H2,1-2H3/b8-4+. The summed E-state index contributed by atoms with van der Waals surface area (Å²) in [6, 6.07) is 10.6. The Morgan fingerprint density at radius 1 is 1.09 bits per heavy atom. The van der Waals surface area contributed by atoms with E-state index in [1.165, 1.54) is 24.8 Å². The lowest BCUT2D eigenvalue weighted by Gasteiger charge is -2.31. The van der Waals surface area contributed by atoms with Crippen molar-refractivity contribution in [3.05, 3.63) is 59.8 Å². The van der Waals surface area contributed by atoms with Crippen LogP contribution in [0.25, 0.3) is 17.0 Å². The first-order valence-corrected chi connectivity index (χ1v) is 10.7. The van der Waals surface area contributed by atoms with Crippen LogP contribution in [0.3, 0.4) is 0 Å². The molecular formula is C25H26F2N2O4. The molecule has 0 aliphatic carbocycles. The number of halogens is 2. The van der Waals surface area contributed by atoms with Crippen molar-refractivity contribution in [3.63, 3.8) is 0 Å². The maximum atomic E-state index is 12.7. The number of nitrogens with one attached hydrogen (secondary N) is 1. The molecule has 1 aliphatic rings. The molecule has 3 aromatic rings. The molecule has 0 atom stereocenters. The Balaban J connectivity index is 1.38. The minimum atomic E-state index is -2.93. The first-order valence-electron chi connectivity index (χ1n) is 10.7. The summed E-state index contributed by atoms with van der Waals surface area (Å²) in [5.41, 5.74) is 2.99. The molecule has 1 aliphatic heterocycles. The van der Waals surface area contributed by atoms with Crippen LogP contribution in [0.15, 0.2) is 48.7 Å². The molecular weight excluding hydrogens is 430 g/mol. The number of amides is 1. The molecule has 33 heavy (non-hydrogen) atoms. The topological polar surface area (TPSA) is 63.8 Å². The normalized spacial score (nSPS) is 14.9. The zero-order valence-corrected chi connectivity index (χ0v) is 18.5. The van der Waals surface area contributed by atoms with Gasteiger partial charge in [0.15, 0.2) is 11.5 Å². The smallest absolute Gasteiger partial charge is 0.387 e. The van der Waals surface area contributed by atoms with Crippen molar-refractivity contribution in [3.8, 4) is 17.2 Å². The number of likely N-dealkylation sites (tertiary alicyclic amines) is 1. The number of alkyl halides is 2. The number of rotatable bonds is 7. The maximum absolute atomic E-state index is 12.7. The number of hydrogen-bond acceptors (Lipinski definition) is 4. The second-order valence-electron chi connectivity index (χ2n) is 7.88. The Morgan fingerprint density at radius 3 is 2.58 bits per heavy atom. The van der Waals surface area contributed by atoms with Crippen LogP contribution in [-0.2, 0) is 4.79 Å². The lowest BCUT2D eigenvalue weighted by atomic mass is 9.89. The van der Waals surface area contributed by atoms with Crippen molar-refractivity contribution in [2.75, 3.05) is 27.3 Å². The number of H-pyrrole nitrogens is 1. The number of benzene rings is 2. The highest BCUT2D eigenvalue weighted by Gasteiger charge is 2.24. The molecule has 1 fully saturated rings. The number of nitrogens with zero attached hydrogens (tertiary/aromatic N) is 1. The average molecular weight is 456 g/mol. The third kappa shape index (κ3) is 5.10. The quantitative estimate of drug-likeness (QED) is 0.496. The monoisotopic (exact) mass is 456 g/mol. The van der Waals surface area contributed by atoms with E-state index in [9.17, 15) is 13.6 Å². The lowest BCUT2D eigenvalue weighted by molar-refractivity contribution is -0.126. The van der Waals surface area contributed by atoms with Gasteiger partial charge in [0.1, 0.15) is 5.75 Å². The summed E-state index contributed by atoms with van der Waals surface area (Å²) in [5.74, 6) is 1.24. The Bertz CT molecular complexity index is 1150. The predicted octanol–water partition coefficient (Wildman–Crippen LogP) is 5.21. The van der Waals surface area contributed by atoms with Crippen LogP contribution in [0.4, 0.5) is 8.78 Å². The summed E-state index contributed by atoms with van der Waals surface area (Å²) in [6.07, 6.45) is 6.95. The lowest BCUT2D eigenvalue weighted by Crippen LogP contribution is -2.36. The minimum Gasteiger partial charge on any atom is -0.497 e. The van der Waals surface area contributed by atoms with Crippen molar-refractivity contribution in [1.82, 2.24) is 9.88 Å². The van der Waals surface area contributed by atoms with E-state index in [0.29, 0.717) is 24.6 Å². The number of carbonyl (C=O) groups excluding carboxylic acids is 1. The van der Waals surface area contributed by atoms with E-state index in [-0.39, 0.29) is 17.4 Å². The minimum absolute atomic E-state index is 0.0482. The summed E-state index contributed by atoms with van der Waals surface area (Å²) < 4.78 is 39.8. The molecule has 0 radical (unpaired) electrons. The molecule has 8 heteroatoms. The molecule has 1 aromatic heterocycles. The first-order chi connectivity index (χ1) is 16.0. The number of methoxy groups -OCH3 is 2. The molecule has 0 spiro atoms. The van der Waals surface area contributed by atoms with E-state index >= 15 is 0 Å². The van der Waals surface area contributed by atoms with E-state index in [2.05, 4.69) is 15.9 Å². The van der Waals surface area contributed by atoms with Crippen molar-refractivity contribution < 1.29 is 27.8 Å². The Morgan fingerprint density at radius 2 is 1.88 bits per heavy atom. The fourth-order valence-electron chi connectivity index (χ4n) is 4.25. The molecule has 1 N–H and O–H groups in total. The first kappa shape index (κ1) is 22.6. The second-order valence-corrected chi connectivity index (χ2v) is 7.88. The molecule has 6 nitrogen and oxygen atoms in total. The van der Waals surface area contributed by atoms with Crippen molar-refractivity contribution in [1.29, 1.82) is 0 Å². The van der Waals surface area contributed by atoms with Gasteiger partial charge in [-0.3, -0.25) is 4.79 Å². The van der Waals surface area contributed by atoms with Gasteiger partial charge in [0.05, 0.1) is 14.2 Å². The predicted molar refractivity (Wildman–Crippen MR) is 122 cm³/mol. The van der Waals surface area contributed by atoms with Gasteiger partial charge in [0.25, 0.3) is 0 Å². The van der Waals surface area contributed by atoms with Gasteiger partial charge in [0.2, 0.25) is 5.91 Å². The van der Waals surface area contributed by atoms with E-state index < -0.39 is 6.61 Å². The van der Waals surface area contributed by atoms with Gasteiger partial charge in [-0.15, -0.1) is 0 Å². The third-order valence-electron chi connectivity index (χ3n) is 5.99. The van der Waals surface area contributed by atoms with E-state index in [4.69, 9.17) is 9.47 Å². The Labute approximate surface area is 190 Å². The largest absolute Gasteiger partial charge is 0.497 e. The summed E-state index contributed by atoms with van der Waals surface area (Å²) in [4.78, 5) is 17.8. The Hall–Kier alpha value is -3.55. The molecule has 2 aromatic carbocycles. The van der Waals surface area contributed by atoms with Crippen LogP contribution in [0.1, 0.15) is 29.9 Å². The highest BCUT2D eigenvalue weighted by molar-refractivity contribution is 5.92. The van der Waals surface area contributed by atoms with Gasteiger partial charge < -0.3 is 24.1 Å². The van der Waals surface area contributed by atoms with E-state index in [1.54, 1.807) is 25.3 Å². The summed E-state index contributed by atoms with van der Waals surface area (Å²) in [7, 11) is 3.03. The average Bonchev–Trinajstić information content (AvgIpc) is 3.26. The SMILES string of the molecule is COc1ccc2[nH]cc(C3CCN(C(=O)/C=C/c4ccc(OC(F)F)c(OC)c4)CC3)c2c1. The van der Waals surface area contributed by atoms with Crippen LogP contribution in [-0.4, -0.2) is 49.7 Å². The van der Waals surface area contributed by atoms with Gasteiger partial charge in [-0.25, -0.2) is 0 Å². The molecule has 4 rings (SSSR count). The molecule has 0 saturated carbocycles. The van der Waals surface area contributed by atoms with Crippen LogP contribution < -0.4 is 14.2 Å². The second kappa shape index (κ2) is 9.94. The van der Waals surface area contributed by atoms with Gasteiger partial charge >= 0.3 is 6.61 Å². The van der Waals surface area contributed by atoms with Crippen molar-refractivity contribution >= 4 is 22.9 Å². The van der Waals surface area contributed by atoms with Gasteiger partial charge in [-0.05, 0) is 66.3 Å². The maximum Gasteiger partial charge on any atom is 0.387 e. The van der Waals surface area contributed by atoms with Crippen LogP contribution in [0.2, 0.25) is 0 Å². The molecule has 0 bridgehead atoms. The van der Waals surface area contributed by atoms with Crippen LogP contribution in [0.5, 0.6) is 17.2 Å². The fraction of sp³-hybridized carbons (Fsp3) is 0.320. The highest BCUT2D eigenvalue weighted by atomic mass is 19.3. The number of fused-ring (bicyclic) bond motifs is 1. The van der Waals surface area contributed by atoms with E-state index in [0.717, 1.165) is 29.5 Å². The summed E-state index contributed by atoms with van der Waals surface area (Å²) in [6.45, 7) is -1.61. The zero-order chi connectivity index (χ0) is 23.4. The van der Waals surface area contributed by atoms with Gasteiger partial charge in [0, 0.05) is 36.3 Å². The number of aromatic amines is 1. The zero-order valence-electron chi connectivity index (χ0n) is 18.5. The molecule has 0 unspecified atom stereocenters. The number of ether oxygens (including phenoxy) is 3. The molecule has 174 valence electrons. The summed E-state index contributed by atoms with van der Waals surface area (Å²) in [5, 5.41) is 1.16. The number of aromatic nitrogens is 1. The Kier molecular flexibility index (Phi) is 6.82. The van der Waals surface area contributed by atoms with Crippen LogP contribution >= 0.6 is 0 Å². The van der Waals surface area contributed by atoms with E-state index in [1.807, 2.05) is 23.1 Å². The number of piperidine rings is 1. The van der Waals surface area contributed by atoms with Gasteiger partial charge in [-0.1, -0.05) is 6.07 Å². The third-order valence-corrected chi connectivity index (χ3v) is 5.99. The number of carbonyl (C=O) groups is 1. The molecule has 1 amide bonds. The van der Waals surface area contributed by atoms with Gasteiger partial charge in [-0.2, -0.15) is 8.78 Å². The number of hydrogen-bond donors (Lipinski definition) is 1. The van der Waals surface area contributed by atoms with Crippen LogP contribution in [0, 0.1) is 0 Å². The fourth-order valence-corrected chi connectivity index (χ4v) is 4.25. The molecule has 2 heterocycles. The van der Waals surface area contributed by atoms with Crippen molar-refractivity contribution in [2.24, 2.45) is 0 Å². The molecule has 1 saturated heterocycles. The highest BCUT2D eigenvalue weighted by Crippen LogP contribution is 2.35.